The number of aromatic nitrogens is 2. The van der Waals surface area contributed by atoms with Gasteiger partial charge in [0.2, 0.25) is 0 Å². The number of pyridine rings is 2. The second-order valence-electron chi connectivity index (χ2n) is 14.6. The molecule has 50 heavy (non-hydrogen) atoms. The minimum atomic E-state index is -0.189. The molecule has 2 atom stereocenters. The number of aryl methyl sites for hydroxylation is 2. The van der Waals surface area contributed by atoms with E-state index in [0.717, 1.165) is 112 Å². The highest BCUT2D eigenvalue weighted by Crippen LogP contribution is 2.38. The number of ether oxygens (including phenoxy) is 1. The largest absolute Gasteiger partial charge is 0.379 e. The fraction of sp³-hybridized carbons (Fsp3) is 0.575. The molecule has 6 rings (SSSR count). The van der Waals surface area contributed by atoms with Crippen LogP contribution in [0.5, 0.6) is 0 Å². The van der Waals surface area contributed by atoms with Crippen molar-refractivity contribution in [1.29, 1.82) is 0 Å². The summed E-state index contributed by atoms with van der Waals surface area (Å²) in [5.74, 6) is 0.726. The van der Waals surface area contributed by atoms with Gasteiger partial charge in [0.1, 0.15) is 0 Å². The zero-order chi connectivity index (χ0) is 35.2. The van der Waals surface area contributed by atoms with Gasteiger partial charge in [-0.1, -0.05) is 38.5 Å². The summed E-state index contributed by atoms with van der Waals surface area (Å²) >= 11 is 0. The fourth-order valence-corrected chi connectivity index (χ4v) is 8.02. The average molecular weight is 684 g/mol. The molecule has 1 amide bonds. The number of H-pyrrole nitrogens is 1. The number of hydrogen-bond acceptors (Lipinski definition) is 8. The molecule has 10 heteroatoms. The lowest BCUT2D eigenvalue weighted by Gasteiger charge is -2.43. The number of amides is 1. The maximum Gasteiger partial charge on any atom is 0.255 e. The van der Waals surface area contributed by atoms with E-state index < -0.39 is 0 Å². The van der Waals surface area contributed by atoms with E-state index in [-0.39, 0.29) is 23.6 Å². The van der Waals surface area contributed by atoms with Crippen molar-refractivity contribution < 1.29 is 9.53 Å². The van der Waals surface area contributed by atoms with Gasteiger partial charge in [-0.25, -0.2) is 4.98 Å². The van der Waals surface area contributed by atoms with Crippen molar-refractivity contribution >= 4 is 23.1 Å². The van der Waals surface area contributed by atoms with Crippen LogP contribution < -0.4 is 21.1 Å². The Hall–Kier alpha value is -3.73. The van der Waals surface area contributed by atoms with Crippen LogP contribution >= 0.6 is 0 Å². The van der Waals surface area contributed by atoms with E-state index in [1.165, 1.54) is 12.8 Å². The molecular weight excluding hydrogens is 626 g/mol. The third kappa shape index (κ3) is 8.41. The Bertz CT molecular complexity index is 1660. The molecule has 5 heterocycles. The molecule has 0 saturated carbocycles. The summed E-state index contributed by atoms with van der Waals surface area (Å²) in [6.45, 7) is 15.1. The van der Waals surface area contributed by atoms with Crippen LogP contribution in [0, 0.1) is 13.8 Å². The first-order valence-electron chi connectivity index (χ1n) is 18.9. The summed E-state index contributed by atoms with van der Waals surface area (Å²) in [7, 11) is 2.22. The molecular formula is C40H57N7O3. The summed E-state index contributed by atoms with van der Waals surface area (Å²) in [6.07, 6.45) is 7.52. The topological polar surface area (TPSA) is 106 Å². The van der Waals surface area contributed by atoms with E-state index in [1.807, 2.05) is 37.3 Å². The van der Waals surface area contributed by atoms with E-state index in [4.69, 9.17) is 9.72 Å². The molecule has 2 unspecified atom stereocenters. The predicted octanol–water partition coefficient (Wildman–Crippen LogP) is 5.77. The predicted molar refractivity (Wildman–Crippen MR) is 203 cm³/mol. The lowest BCUT2D eigenvalue weighted by atomic mass is 9.97. The summed E-state index contributed by atoms with van der Waals surface area (Å²) in [5, 5.41) is 7.20. The molecule has 0 aliphatic carbocycles. The number of nitrogens with zero attached hydrogens (tertiary/aromatic N) is 4. The Morgan fingerprint density at radius 1 is 1.00 bits per heavy atom. The smallest absolute Gasteiger partial charge is 0.255 e. The quantitative estimate of drug-likeness (QED) is 0.234. The first-order chi connectivity index (χ1) is 24.2. The van der Waals surface area contributed by atoms with Gasteiger partial charge in [-0.3, -0.25) is 14.5 Å². The zero-order valence-corrected chi connectivity index (χ0v) is 30.8. The second-order valence-corrected chi connectivity index (χ2v) is 14.6. The number of carbonyl (C=O) groups excluding carboxylic acids is 1. The van der Waals surface area contributed by atoms with Crippen molar-refractivity contribution in [2.45, 2.75) is 97.2 Å². The van der Waals surface area contributed by atoms with Crippen LogP contribution in [0.15, 0.2) is 41.2 Å². The minimum Gasteiger partial charge on any atom is -0.379 e. The van der Waals surface area contributed by atoms with E-state index in [9.17, 15) is 9.59 Å². The molecule has 3 aliphatic heterocycles. The molecule has 1 aromatic carbocycles. The van der Waals surface area contributed by atoms with Crippen LogP contribution in [-0.4, -0.2) is 96.8 Å². The van der Waals surface area contributed by atoms with Gasteiger partial charge in [-0.05, 0) is 96.3 Å². The number of hydrogen-bond donors (Lipinski definition) is 3. The summed E-state index contributed by atoms with van der Waals surface area (Å²) in [4.78, 5) is 43.3. The second kappa shape index (κ2) is 16.5. The van der Waals surface area contributed by atoms with Crippen molar-refractivity contribution in [2.75, 3.05) is 68.5 Å². The number of piperidine rings is 1. The first-order valence-corrected chi connectivity index (χ1v) is 18.9. The molecule has 3 saturated heterocycles. The summed E-state index contributed by atoms with van der Waals surface area (Å²) < 4.78 is 6.05. The average Bonchev–Trinajstić information content (AvgIpc) is 3.13. The molecule has 0 spiro atoms. The molecule has 0 radical (unpaired) electrons. The molecule has 3 aromatic rings. The first kappa shape index (κ1) is 36.1. The zero-order valence-electron chi connectivity index (χ0n) is 30.8. The number of anilines is 3. The van der Waals surface area contributed by atoms with Crippen LogP contribution in [0.3, 0.4) is 0 Å². The SMILES string of the molecule is CCCc1cc(C)[nH]c(=O)c1Cc1nc(N2CCN(C3CCN(C)CC3)CC2)c(NC2CCOC(CC)C2)c(C)c1NC(=O)c1ccccc1. The molecule has 0 bridgehead atoms. The van der Waals surface area contributed by atoms with E-state index in [0.29, 0.717) is 29.3 Å². The van der Waals surface area contributed by atoms with Crippen molar-refractivity contribution in [3.63, 3.8) is 0 Å². The van der Waals surface area contributed by atoms with E-state index in [2.05, 4.69) is 64.2 Å². The Morgan fingerprint density at radius 3 is 2.44 bits per heavy atom. The number of nitrogens with one attached hydrogen (secondary N) is 3. The van der Waals surface area contributed by atoms with Gasteiger partial charge < -0.3 is 30.2 Å². The monoisotopic (exact) mass is 683 g/mol. The Balaban J connectivity index is 1.41. The Kier molecular flexibility index (Phi) is 11.9. The number of piperazine rings is 1. The third-order valence-corrected chi connectivity index (χ3v) is 11.0. The van der Waals surface area contributed by atoms with Crippen LogP contribution in [0.2, 0.25) is 0 Å². The lowest BCUT2D eigenvalue weighted by molar-refractivity contribution is 0.00924. The van der Waals surface area contributed by atoms with Gasteiger partial charge in [-0.2, -0.15) is 0 Å². The number of aromatic amines is 1. The molecule has 2 aromatic heterocycles. The van der Waals surface area contributed by atoms with E-state index in [1.54, 1.807) is 0 Å². The maximum atomic E-state index is 13.8. The van der Waals surface area contributed by atoms with Crippen LogP contribution in [0.4, 0.5) is 17.2 Å². The van der Waals surface area contributed by atoms with Gasteiger partial charge in [0.15, 0.2) is 5.82 Å². The van der Waals surface area contributed by atoms with Crippen molar-refractivity contribution in [3.8, 4) is 0 Å². The Labute approximate surface area is 298 Å². The molecule has 3 fully saturated rings. The highest BCUT2D eigenvalue weighted by Gasteiger charge is 2.31. The number of benzene rings is 1. The normalized spacial score (nSPS) is 20.9. The van der Waals surface area contributed by atoms with Crippen LogP contribution in [0.1, 0.15) is 90.8 Å². The highest BCUT2D eigenvalue weighted by molar-refractivity contribution is 6.05. The molecule has 3 N–H and O–H groups in total. The third-order valence-electron chi connectivity index (χ3n) is 11.0. The van der Waals surface area contributed by atoms with Crippen molar-refractivity contribution in [2.24, 2.45) is 0 Å². The van der Waals surface area contributed by atoms with Gasteiger partial charge >= 0.3 is 0 Å². The fourth-order valence-electron chi connectivity index (χ4n) is 8.02. The number of carbonyl (C=O) groups is 1. The number of likely N-dealkylation sites (tertiary alicyclic amines) is 1. The summed E-state index contributed by atoms with van der Waals surface area (Å²) in [6, 6.07) is 12.3. The number of rotatable bonds is 11. The van der Waals surface area contributed by atoms with Crippen molar-refractivity contribution in [3.05, 3.63) is 80.4 Å². The molecule has 3 aliphatic rings. The van der Waals surface area contributed by atoms with Gasteiger partial charge in [0, 0.05) is 73.7 Å². The molecule has 270 valence electrons. The van der Waals surface area contributed by atoms with E-state index >= 15 is 0 Å². The van der Waals surface area contributed by atoms with Gasteiger partial charge in [-0.15, -0.1) is 0 Å². The lowest BCUT2D eigenvalue weighted by Crippen LogP contribution is -2.53. The standard InChI is InChI=1S/C40H57N7O3/c1-6-11-30-24-27(3)41-40(49)34(30)26-35-36(44-39(48)29-12-9-8-10-13-29)28(4)37(42-31-16-23-50-33(7-2)25-31)38(43-35)47-21-19-46(20-22-47)32-14-17-45(5)18-15-32/h8-10,12-13,24,31-33,42H,6-7,11,14-23,25-26H2,1-5H3,(H,41,49)(H,44,48). The van der Waals surface area contributed by atoms with Crippen LogP contribution in [-0.2, 0) is 17.6 Å². The van der Waals surface area contributed by atoms with Gasteiger partial charge in [0.25, 0.3) is 11.5 Å². The van der Waals surface area contributed by atoms with Gasteiger partial charge in [0.05, 0.1) is 23.2 Å². The summed E-state index contributed by atoms with van der Waals surface area (Å²) in [5.41, 5.74) is 6.42. The maximum absolute atomic E-state index is 13.8. The Morgan fingerprint density at radius 2 is 1.74 bits per heavy atom. The molecule has 10 nitrogen and oxygen atoms in total. The minimum absolute atomic E-state index is 0.0865. The van der Waals surface area contributed by atoms with Crippen molar-refractivity contribution in [1.82, 2.24) is 19.8 Å². The highest BCUT2D eigenvalue weighted by atomic mass is 16.5. The van der Waals surface area contributed by atoms with Crippen LogP contribution in [0.25, 0.3) is 0 Å².